The summed E-state index contributed by atoms with van der Waals surface area (Å²) >= 11 is 0. The predicted molar refractivity (Wildman–Crippen MR) is 141 cm³/mol. The number of halogens is 4. The second-order valence-corrected chi connectivity index (χ2v) is 13.5. The Morgan fingerprint density at radius 1 is 0.950 bits per heavy atom. The Hall–Kier alpha value is -2.64. The molecular formula is C28H29F4O6S2+. The van der Waals surface area contributed by atoms with Gasteiger partial charge in [0.1, 0.15) is 11.9 Å². The van der Waals surface area contributed by atoms with Crippen LogP contribution in [0.2, 0.25) is 0 Å². The van der Waals surface area contributed by atoms with Gasteiger partial charge >= 0.3 is 15.4 Å². The molecule has 216 valence electrons. The average molecular weight is 602 g/mol. The molecule has 0 amide bonds. The van der Waals surface area contributed by atoms with Gasteiger partial charge in [0.15, 0.2) is 27.1 Å². The second kappa shape index (κ2) is 11.7. The molecule has 0 radical (unpaired) electrons. The summed E-state index contributed by atoms with van der Waals surface area (Å²) in [5.74, 6) is -0.00496. The van der Waals surface area contributed by atoms with Crippen LogP contribution in [0.1, 0.15) is 32.6 Å². The van der Waals surface area contributed by atoms with Gasteiger partial charge in [0, 0.05) is 11.0 Å². The summed E-state index contributed by atoms with van der Waals surface area (Å²) in [5, 5.41) is -4.49. The topological polar surface area (TPSA) is 82.1 Å². The van der Waals surface area contributed by atoms with E-state index < -0.39 is 56.6 Å². The van der Waals surface area contributed by atoms with Crippen LogP contribution in [0, 0.1) is 5.41 Å². The van der Waals surface area contributed by atoms with E-state index in [0.717, 1.165) is 21.6 Å². The van der Waals surface area contributed by atoms with E-state index in [2.05, 4.69) is 0 Å². The maximum atomic E-state index is 13.9. The lowest BCUT2D eigenvalue weighted by Gasteiger charge is -2.41. The monoisotopic (exact) mass is 601 g/mol. The molecule has 1 aliphatic rings. The smallest absolute Gasteiger partial charge is 0.405 e. The first-order valence-corrected chi connectivity index (χ1v) is 14.9. The molecule has 1 N–H and O–H groups in total. The van der Waals surface area contributed by atoms with Crippen molar-refractivity contribution in [2.24, 2.45) is 5.41 Å². The lowest BCUT2D eigenvalue weighted by molar-refractivity contribution is -0.289. The largest absolute Gasteiger partial charge is 0.483 e. The van der Waals surface area contributed by atoms with Crippen LogP contribution in [0.25, 0.3) is 0 Å². The van der Waals surface area contributed by atoms with Crippen LogP contribution in [-0.2, 0) is 30.5 Å². The molecule has 0 aromatic heterocycles. The summed E-state index contributed by atoms with van der Waals surface area (Å²) in [6.45, 7) is 4.31. The summed E-state index contributed by atoms with van der Waals surface area (Å²) in [7, 11) is -6.30. The molecule has 3 aromatic rings. The summed E-state index contributed by atoms with van der Waals surface area (Å²) < 4.78 is 102. The Morgan fingerprint density at radius 3 is 2.00 bits per heavy atom. The highest BCUT2D eigenvalue weighted by atomic mass is 32.2. The molecule has 12 heteroatoms. The Balaban J connectivity index is 1.59. The SMILES string of the molecule is CC(Oc1ccc([S+](c2ccccc2)c2ccc(C3OCC(C)(C)C(C(F)F)O3)cc2)cc1)C(F)(F)S(=O)(=O)O. The van der Waals surface area contributed by atoms with E-state index in [9.17, 15) is 26.0 Å². The summed E-state index contributed by atoms with van der Waals surface area (Å²) in [6.07, 6.45) is -6.99. The summed E-state index contributed by atoms with van der Waals surface area (Å²) in [5.41, 5.74) is -0.237. The van der Waals surface area contributed by atoms with Crippen molar-refractivity contribution < 1.29 is 44.7 Å². The molecule has 4 atom stereocenters. The van der Waals surface area contributed by atoms with Crippen molar-refractivity contribution in [3.8, 4) is 5.75 Å². The number of rotatable bonds is 9. The number of hydrogen-bond donors (Lipinski definition) is 1. The van der Waals surface area contributed by atoms with Gasteiger partial charge in [0.2, 0.25) is 0 Å². The molecule has 4 unspecified atom stereocenters. The third kappa shape index (κ3) is 6.46. The number of alkyl halides is 4. The minimum absolute atomic E-state index is 0.00496. The Morgan fingerprint density at radius 2 is 1.48 bits per heavy atom. The zero-order valence-electron chi connectivity index (χ0n) is 21.8. The van der Waals surface area contributed by atoms with Crippen molar-refractivity contribution >= 4 is 21.0 Å². The predicted octanol–water partition coefficient (Wildman–Crippen LogP) is 6.74. The zero-order valence-corrected chi connectivity index (χ0v) is 23.5. The van der Waals surface area contributed by atoms with Crippen LogP contribution in [-0.4, -0.2) is 43.5 Å². The number of benzene rings is 3. The van der Waals surface area contributed by atoms with E-state index in [0.29, 0.717) is 5.56 Å². The van der Waals surface area contributed by atoms with Crippen LogP contribution < -0.4 is 4.74 Å². The fraction of sp³-hybridized carbons (Fsp3) is 0.357. The molecule has 0 saturated carbocycles. The fourth-order valence-electron chi connectivity index (χ4n) is 4.17. The number of hydrogen-bond acceptors (Lipinski definition) is 5. The third-order valence-electron chi connectivity index (χ3n) is 6.43. The molecule has 1 heterocycles. The van der Waals surface area contributed by atoms with Crippen LogP contribution in [0.5, 0.6) is 5.75 Å². The van der Waals surface area contributed by atoms with Gasteiger partial charge in [-0.05, 0) is 67.6 Å². The van der Waals surface area contributed by atoms with Gasteiger partial charge in [0.25, 0.3) is 6.43 Å². The second-order valence-electron chi connectivity index (χ2n) is 9.98. The first kappa shape index (κ1) is 30.3. The number of ether oxygens (including phenoxy) is 3. The van der Waals surface area contributed by atoms with Crippen LogP contribution in [0.3, 0.4) is 0 Å². The van der Waals surface area contributed by atoms with Crippen molar-refractivity contribution in [2.75, 3.05) is 6.61 Å². The molecule has 3 aromatic carbocycles. The molecule has 4 rings (SSSR count). The van der Waals surface area contributed by atoms with Gasteiger partial charge < -0.3 is 14.2 Å². The Bertz CT molecular complexity index is 1380. The van der Waals surface area contributed by atoms with Crippen LogP contribution >= 0.6 is 0 Å². The first-order valence-electron chi connectivity index (χ1n) is 12.3. The maximum Gasteiger partial charge on any atom is 0.405 e. The lowest BCUT2D eigenvalue weighted by Crippen LogP contribution is -2.46. The average Bonchev–Trinajstić information content (AvgIpc) is 2.90. The molecule has 40 heavy (non-hydrogen) atoms. The normalized spacial score (nSPS) is 21.1. The molecular weight excluding hydrogens is 572 g/mol. The molecule has 1 aliphatic heterocycles. The van der Waals surface area contributed by atoms with Crippen molar-refractivity contribution in [2.45, 2.75) is 65.6 Å². The molecule has 0 spiro atoms. The van der Waals surface area contributed by atoms with Gasteiger partial charge in [-0.3, -0.25) is 4.55 Å². The molecule has 0 aliphatic carbocycles. The highest BCUT2D eigenvalue weighted by Gasteiger charge is 2.51. The lowest BCUT2D eigenvalue weighted by atomic mass is 9.86. The van der Waals surface area contributed by atoms with Crippen LogP contribution in [0.15, 0.2) is 93.5 Å². The van der Waals surface area contributed by atoms with Crippen LogP contribution in [0.4, 0.5) is 17.6 Å². The van der Waals surface area contributed by atoms with E-state index in [1.165, 1.54) is 12.1 Å². The van der Waals surface area contributed by atoms with E-state index >= 15 is 0 Å². The van der Waals surface area contributed by atoms with Gasteiger partial charge in [-0.15, -0.1) is 0 Å². The van der Waals surface area contributed by atoms with E-state index in [4.69, 9.17) is 18.8 Å². The molecule has 6 nitrogen and oxygen atoms in total. The molecule has 1 fully saturated rings. The third-order valence-corrected chi connectivity index (χ3v) is 9.68. The van der Waals surface area contributed by atoms with Crippen molar-refractivity contribution in [1.82, 2.24) is 0 Å². The minimum Gasteiger partial charge on any atom is -0.483 e. The van der Waals surface area contributed by atoms with Crippen molar-refractivity contribution in [3.05, 3.63) is 84.4 Å². The highest BCUT2D eigenvalue weighted by molar-refractivity contribution is 7.97. The van der Waals surface area contributed by atoms with E-state index in [1.54, 1.807) is 38.1 Å². The maximum absolute atomic E-state index is 13.9. The zero-order chi connectivity index (χ0) is 29.3. The van der Waals surface area contributed by atoms with Gasteiger partial charge in [-0.2, -0.15) is 17.2 Å². The Labute approximate surface area is 233 Å². The van der Waals surface area contributed by atoms with Crippen molar-refractivity contribution in [1.29, 1.82) is 0 Å². The quantitative estimate of drug-likeness (QED) is 0.166. The first-order chi connectivity index (χ1) is 18.7. The molecule has 0 bridgehead atoms. The van der Waals surface area contributed by atoms with Gasteiger partial charge in [-0.25, -0.2) is 8.78 Å². The summed E-state index contributed by atoms with van der Waals surface area (Å²) in [4.78, 5) is 2.65. The van der Waals surface area contributed by atoms with E-state index in [1.807, 2.05) is 42.5 Å². The highest BCUT2D eigenvalue weighted by Crippen LogP contribution is 2.40. The van der Waals surface area contributed by atoms with Gasteiger partial charge in [0.05, 0.1) is 17.5 Å². The summed E-state index contributed by atoms with van der Waals surface area (Å²) in [6, 6.07) is 23.0. The van der Waals surface area contributed by atoms with Crippen molar-refractivity contribution in [3.63, 3.8) is 0 Å². The Kier molecular flexibility index (Phi) is 8.86. The molecule has 1 saturated heterocycles. The van der Waals surface area contributed by atoms with E-state index in [-0.39, 0.29) is 12.4 Å². The fourth-order valence-corrected chi connectivity index (χ4v) is 6.70. The standard InChI is InChI=1S/C28H28F4O6S2/c1-18(28(31,32)40(33,34)35)37-20-11-15-23(16-12-20)39(21-7-5-4-6-8-21)22-13-9-19(10-14-22)26-36-17-27(2,3)24(38-26)25(29)30/h4-16,18,24-26H,17H2,1-3H3/p+1. The minimum atomic E-state index is -5.65. The van der Waals surface area contributed by atoms with Gasteiger partial charge in [-0.1, -0.05) is 32.0 Å².